The molecule has 1 aliphatic heterocycles. The molecule has 1 amide bonds. The molecule has 1 saturated heterocycles. The van der Waals surface area contributed by atoms with Crippen LogP contribution >= 0.6 is 0 Å². The van der Waals surface area contributed by atoms with E-state index in [1.54, 1.807) is 6.07 Å². The second-order valence-corrected chi connectivity index (χ2v) is 8.29. The van der Waals surface area contributed by atoms with Crippen LogP contribution in [-0.2, 0) is 6.54 Å². The fourth-order valence-corrected chi connectivity index (χ4v) is 4.26. The zero-order valence-electron chi connectivity index (χ0n) is 18.3. The lowest BCUT2D eigenvalue weighted by molar-refractivity contribution is 0.0697. The fourth-order valence-electron chi connectivity index (χ4n) is 4.26. The molecule has 1 unspecified atom stereocenters. The minimum Gasteiger partial charge on any atom is -0.347 e. The number of aryl methyl sites for hydroxylation is 2. The van der Waals surface area contributed by atoms with Crippen molar-refractivity contribution in [2.75, 3.05) is 32.1 Å². The smallest absolute Gasteiger partial charge is 0.272 e. The van der Waals surface area contributed by atoms with Gasteiger partial charge in [0.15, 0.2) is 0 Å². The number of piperidine rings is 1. The first-order chi connectivity index (χ1) is 14.5. The molecule has 1 aliphatic rings. The van der Waals surface area contributed by atoms with Crippen molar-refractivity contribution in [3.63, 3.8) is 0 Å². The van der Waals surface area contributed by atoms with Gasteiger partial charge in [-0.1, -0.05) is 19.1 Å². The molecule has 0 spiro atoms. The highest BCUT2D eigenvalue weighted by molar-refractivity contribution is 5.92. The number of carbonyl (C=O) groups excluding carboxylic acids is 1. The average molecular weight is 407 g/mol. The second kappa shape index (κ2) is 8.42. The topological polar surface area (TPSA) is 67.2 Å². The summed E-state index contributed by atoms with van der Waals surface area (Å²) in [6.45, 7) is 6.46. The van der Waals surface area contributed by atoms with Crippen molar-refractivity contribution in [3.8, 4) is 0 Å². The Morgan fingerprint density at radius 3 is 2.77 bits per heavy atom. The van der Waals surface area contributed by atoms with Crippen molar-refractivity contribution >= 4 is 22.9 Å². The molecule has 0 N–H and O–H groups in total. The average Bonchev–Trinajstić information content (AvgIpc) is 3.12. The summed E-state index contributed by atoms with van der Waals surface area (Å²) in [4.78, 5) is 30.9. The predicted octanol–water partition coefficient (Wildman–Crippen LogP) is 3.63. The summed E-state index contributed by atoms with van der Waals surface area (Å²) < 4.78 is 2.34. The highest BCUT2D eigenvalue weighted by Gasteiger charge is 2.30. The molecule has 0 radical (unpaired) electrons. The summed E-state index contributed by atoms with van der Waals surface area (Å²) in [6.07, 6.45) is 3.06. The Morgan fingerprint density at radius 2 is 2.00 bits per heavy atom. The van der Waals surface area contributed by atoms with Gasteiger partial charge in [-0.2, -0.15) is 0 Å². The van der Waals surface area contributed by atoms with E-state index in [-0.39, 0.29) is 11.8 Å². The molecule has 7 nitrogen and oxygen atoms in total. The number of amides is 1. The molecule has 3 aromatic rings. The Balaban J connectivity index is 1.62. The molecule has 3 heterocycles. The number of aromatic nitrogens is 4. The maximum absolute atomic E-state index is 13.3. The molecule has 4 rings (SSSR count). The zero-order valence-corrected chi connectivity index (χ0v) is 18.3. The normalized spacial score (nSPS) is 16.8. The lowest BCUT2D eigenvalue weighted by Crippen LogP contribution is -2.40. The number of hydrogen-bond donors (Lipinski definition) is 0. The maximum atomic E-state index is 13.3. The lowest BCUT2D eigenvalue weighted by Gasteiger charge is -2.32. The van der Waals surface area contributed by atoms with Crippen molar-refractivity contribution < 1.29 is 4.79 Å². The summed E-state index contributed by atoms with van der Waals surface area (Å²) >= 11 is 0. The molecule has 0 bridgehead atoms. The van der Waals surface area contributed by atoms with Crippen LogP contribution in [0.4, 0.5) is 5.95 Å². The zero-order chi connectivity index (χ0) is 21.3. The van der Waals surface area contributed by atoms with Gasteiger partial charge in [-0.3, -0.25) is 4.79 Å². The number of nitrogens with zero attached hydrogens (tertiary/aromatic N) is 6. The molecule has 1 atom stereocenters. The van der Waals surface area contributed by atoms with Crippen LogP contribution in [0.3, 0.4) is 0 Å². The van der Waals surface area contributed by atoms with E-state index in [1.807, 2.05) is 36.9 Å². The molecule has 158 valence electrons. The standard InChI is InChI=1S/C23H30N6O/c1-5-12-29-20-11-7-6-10-18(20)25-21(29)17-9-8-13-28(15-17)22(30)19-14-16(2)24-23(26-19)27(3)4/h6-7,10-11,14,17H,5,8-9,12-13,15H2,1-4H3. The van der Waals surface area contributed by atoms with Gasteiger partial charge in [0.05, 0.1) is 11.0 Å². The first kappa shape index (κ1) is 20.3. The van der Waals surface area contributed by atoms with Crippen molar-refractivity contribution in [2.45, 2.75) is 45.6 Å². The molecule has 30 heavy (non-hydrogen) atoms. The van der Waals surface area contributed by atoms with Crippen molar-refractivity contribution in [2.24, 2.45) is 0 Å². The molecule has 2 aromatic heterocycles. The Bertz CT molecular complexity index is 1060. The Labute approximate surface area is 177 Å². The van der Waals surface area contributed by atoms with Crippen LogP contribution in [0.5, 0.6) is 0 Å². The van der Waals surface area contributed by atoms with E-state index in [9.17, 15) is 4.79 Å². The number of carbonyl (C=O) groups is 1. The van der Waals surface area contributed by atoms with E-state index < -0.39 is 0 Å². The van der Waals surface area contributed by atoms with Crippen LogP contribution in [0.2, 0.25) is 0 Å². The number of para-hydroxylation sites is 2. The molecule has 7 heteroatoms. The van der Waals surface area contributed by atoms with Crippen LogP contribution in [0.1, 0.15) is 54.1 Å². The van der Waals surface area contributed by atoms with Gasteiger partial charge in [0, 0.05) is 45.3 Å². The van der Waals surface area contributed by atoms with Crippen LogP contribution < -0.4 is 4.90 Å². The van der Waals surface area contributed by atoms with E-state index in [1.165, 1.54) is 5.52 Å². The van der Waals surface area contributed by atoms with Crippen LogP contribution in [-0.4, -0.2) is 57.5 Å². The van der Waals surface area contributed by atoms with E-state index in [2.05, 4.69) is 39.7 Å². The summed E-state index contributed by atoms with van der Waals surface area (Å²) in [5.74, 6) is 1.88. The van der Waals surface area contributed by atoms with Gasteiger partial charge in [0.2, 0.25) is 5.95 Å². The second-order valence-electron chi connectivity index (χ2n) is 8.29. The van der Waals surface area contributed by atoms with E-state index in [4.69, 9.17) is 4.98 Å². The highest BCUT2D eigenvalue weighted by Crippen LogP contribution is 2.30. The number of rotatable bonds is 5. The minimum atomic E-state index is -0.0218. The highest BCUT2D eigenvalue weighted by atomic mass is 16.2. The van der Waals surface area contributed by atoms with E-state index >= 15 is 0 Å². The Kier molecular flexibility index (Phi) is 5.70. The van der Waals surface area contributed by atoms with Gasteiger partial charge in [-0.05, 0) is 44.4 Å². The van der Waals surface area contributed by atoms with Crippen molar-refractivity contribution in [1.29, 1.82) is 0 Å². The third-order valence-corrected chi connectivity index (χ3v) is 5.67. The maximum Gasteiger partial charge on any atom is 0.272 e. The number of fused-ring (bicyclic) bond motifs is 1. The van der Waals surface area contributed by atoms with Crippen LogP contribution in [0.25, 0.3) is 11.0 Å². The van der Waals surface area contributed by atoms with Gasteiger partial charge in [0.25, 0.3) is 5.91 Å². The lowest BCUT2D eigenvalue weighted by atomic mass is 9.96. The van der Waals surface area contributed by atoms with Crippen LogP contribution in [0.15, 0.2) is 30.3 Å². The Morgan fingerprint density at radius 1 is 1.20 bits per heavy atom. The monoisotopic (exact) mass is 406 g/mol. The van der Waals surface area contributed by atoms with Gasteiger partial charge in [0.1, 0.15) is 11.5 Å². The van der Waals surface area contributed by atoms with Crippen molar-refractivity contribution in [3.05, 3.63) is 47.5 Å². The molecule has 1 fully saturated rings. The summed E-state index contributed by atoms with van der Waals surface area (Å²) in [5.41, 5.74) is 3.48. The first-order valence-corrected chi connectivity index (χ1v) is 10.8. The van der Waals surface area contributed by atoms with E-state index in [0.717, 1.165) is 49.4 Å². The summed E-state index contributed by atoms with van der Waals surface area (Å²) in [5, 5.41) is 0. The molecular weight excluding hydrogens is 376 g/mol. The molecule has 1 aromatic carbocycles. The number of imidazole rings is 1. The summed E-state index contributed by atoms with van der Waals surface area (Å²) in [6, 6.07) is 10.1. The Hall–Kier alpha value is -2.96. The molecule has 0 aliphatic carbocycles. The van der Waals surface area contributed by atoms with Crippen molar-refractivity contribution in [1.82, 2.24) is 24.4 Å². The number of anilines is 1. The third kappa shape index (κ3) is 3.88. The molecule has 0 saturated carbocycles. The van der Waals surface area contributed by atoms with Gasteiger partial charge in [-0.25, -0.2) is 15.0 Å². The van der Waals surface area contributed by atoms with E-state index in [0.29, 0.717) is 18.2 Å². The van der Waals surface area contributed by atoms with Gasteiger partial charge in [-0.15, -0.1) is 0 Å². The molecular formula is C23H30N6O. The van der Waals surface area contributed by atoms with Crippen LogP contribution in [0, 0.1) is 6.92 Å². The number of hydrogen-bond acceptors (Lipinski definition) is 5. The minimum absolute atomic E-state index is 0.0218. The largest absolute Gasteiger partial charge is 0.347 e. The van der Waals surface area contributed by atoms with Gasteiger partial charge >= 0.3 is 0 Å². The quantitative estimate of drug-likeness (QED) is 0.647. The summed E-state index contributed by atoms with van der Waals surface area (Å²) in [7, 11) is 3.77. The fraction of sp³-hybridized carbons (Fsp3) is 0.478. The number of benzene rings is 1. The predicted molar refractivity (Wildman–Crippen MR) is 119 cm³/mol. The first-order valence-electron chi connectivity index (χ1n) is 10.8. The SMILES string of the molecule is CCCn1c(C2CCCN(C(=O)c3cc(C)nc(N(C)C)n3)C2)nc2ccccc21. The van der Waals surface area contributed by atoms with Gasteiger partial charge < -0.3 is 14.4 Å². The number of likely N-dealkylation sites (tertiary alicyclic amines) is 1. The third-order valence-electron chi connectivity index (χ3n) is 5.67.